The number of likely N-dealkylation sites (N-methyl/N-ethyl adjacent to an activating group) is 2. The first-order valence-corrected chi connectivity index (χ1v) is 29.5. The summed E-state index contributed by atoms with van der Waals surface area (Å²) in [7, 11) is 6.78. The summed E-state index contributed by atoms with van der Waals surface area (Å²) >= 11 is 1.49. The molecule has 10 atom stereocenters. The monoisotopic (exact) mass is 1130 g/mol. The normalized spacial score (nSPS) is 17.1. The number of likely N-dealkylation sites (tertiary alicyclic amines) is 1. The van der Waals surface area contributed by atoms with Gasteiger partial charge in [0.05, 0.1) is 55.3 Å². The molecule has 2 aromatic rings. The van der Waals surface area contributed by atoms with Crippen molar-refractivity contribution in [1.82, 2.24) is 41.0 Å². The molecule has 0 unspecified atom stereocenters. The van der Waals surface area contributed by atoms with Crippen LogP contribution in [0.4, 0.5) is 0 Å². The molecule has 0 aliphatic carbocycles. The number of methoxy groups -OCH3 is 2. The van der Waals surface area contributed by atoms with E-state index >= 15 is 0 Å². The van der Waals surface area contributed by atoms with Gasteiger partial charge in [0.15, 0.2) is 0 Å². The predicted molar refractivity (Wildman–Crippen MR) is 306 cm³/mol. The summed E-state index contributed by atoms with van der Waals surface area (Å²) in [5.74, 6) is 1.37. The number of hydrogen-bond donors (Lipinski definition) is 6. The summed E-state index contributed by atoms with van der Waals surface area (Å²) in [6.07, 6.45) is 8.17. The Hall–Kier alpha value is -5.06. The Morgan fingerprint density at radius 1 is 0.848 bits per heavy atom. The number of rotatable bonds is 39. The van der Waals surface area contributed by atoms with Crippen molar-refractivity contribution >= 4 is 52.7 Å². The summed E-state index contributed by atoms with van der Waals surface area (Å²) in [6, 6.07) is 6.41. The number of nitrogens with zero attached hydrogens (tertiary/aromatic N) is 4. The maximum absolute atomic E-state index is 14.7. The van der Waals surface area contributed by atoms with E-state index in [-0.39, 0.29) is 85.1 Å². The number of nitrogens with two attached hydrogens (primary N) is 1. The number of unbranched alkanes of at least 4 members (excludes halogenated alkanes) is 5. The molecule has 0 radical (unpaired) electrons. The van der Waals surface area contributed by atoms with Crippen molar-refractivity contribution in [2.75, 3.05) is 54.6 Å². The number of carboxylic acid groups (broad SMARTS) is 1. The molecular weight excluding hydrogens is 1030 g/mol. The lowest BCUT2D eigenvalue weighted by Crippen LogP contribution is -2.60. The SMILES string of the molecule is CC[C@H](C)[C@@H]([C@@H](CC(=O)N1CCC[C@H]1[C@H](OC)[C@@H](C)C(=O)N[C@@H](Cc1ccccc1)c1nccs1)OC)N(C)C(=O)[C@@H](NC(=O)[C@H](C(C)C)N(C)CCCCCCNC(=O)[C@H](CCC(=O)O)NC(=O)CCCCCON)C(C)C. The summed E-state index contributed by atoms with van der Waals surface area (Å²) in [6.45, 7) is 15.6. The lowest BCUT2D eigenvalue weighted by Gasteiger charge is -2.41. The van der Waals surface area contributed by atoms with Gasteiger partial charge in [0, 0.05) is 58.8 Å². The van der Waals surface area contributed by atoms with E-state index in [1.807, 2.05) is 101 Å². The fraction of sp³-hybridized carbons (Fsp3) is 0.724. The van der Waals surface area contributed by atoms with Crippen LogP contribution in [0.15, 0.2) is 41.9 Å². The Labute approximate surface area is 474 Å². The molecular formula is C58H97N9O11S. The van der Waals surface area contributed by atoms with Gasteiger partial charge in [0.1, 0.15) is 17.1 Å². The molecule has 20 nitrogen and oxygen atoms in total. The van der Waals surface area contributed by atoms with Gasteiger partial charge in [-0.15, -0.1) is 11.3 Å². The van der Waals surface area contributed by atoms with E-state index in [9.17, 15) is 38.7 Å². The second-order valence-corrected chi connectivity index (χ2v) is 23.0. The van der Waals surface area contributed by atoms with Crippen LogP contribution in [0.5, 0.6) is 0 Å². The largest absolute Gasteiger partial charge is 0.481 e. The zero-order valence-corrected chi connectivity index (χ0v) is 50.0. The van der Waals surface area contributed by atoms with Crippen LogP contribution >= 0.6 is 11.3 Å². The number of carboxylic acids is 1. The molecule has 3 rings (SSSR count). The highest BCUT2D eigenvalue weighted by Gasteiger charge is 2.43. The maximum Gasteiger partial charge on any atom is 0.303 e. The molecule has 1 saturated heterocycles. The van der Waals surface area contributed by atoms with Crippen LogP contribution in [0.25, 0.3) is 0 Å². The number of hydrogen-bond acceptors (Lipinski definition) is 14. The van der Waals surface area contributed by atoms with Gasteiger partial charge in [-0.2, -0.15) is 0 Å². The molecule has 1 aliphatic heterocycles. The van der Waals surface area contributed by atoms with E-state index in [1.54, 1.807) is 32.4 Å². The third kappa shape index (κ3) is 22.4. The lowest BCUT2D eigenvalue weighted by molar-refractivity contribution is -0.148. The molecule has 6 amide bonds. The second-order valence-electron chi connectivity index (χ2n) is 22.0. The number of aromatic nitrogens is 1. The number of amides is 6. The molecule has 446 valence electrons. The molecule has 2 heterocycles. The molecule has 0 bridgehead atoms. The lowest BCUT2D eigenvalue weighted by atomic mass is 9.89. The Kier molecular flexibility index (Phi) is 31.4. The minimum Gasteiger partial charge on any atom is -0.481 e. The highest BCUT2D eigenvalue weighted by Crippen LogP contribution is 2.31. The van der Waals surface area contributed by atoms with Gasteiger partial charge in [-0.05, 0) is 88.3 Å². The van der Waals surface area contributed by atoms with Crippen LogP contribution in [0.2, 0.25) is 0 Å². The molecule has 21 heteroatoms. The van der Waals surface area contributed by atoms with Crippen LogP contribution in [-0.4, -0.2) is 163 Å². The third-order valence-corrected chi connectivity index (χ3v) is 16.3. The number of carbonyl (C=O) groups is 7. The Morgan fingerprint density at radius 2 is 1.54 bits per heavy atom. The van der Waals surface area contributed by atoms with Crippen molar-refractivity contribution in [1.29, 1.82) is 0 Å². The molecule has 1 aromatic heterocycles. The maximum atomic E-state index is 14.7. The average molecular weight is 1130 g/mol. The predicted octanol–water partition coefficient (Wildman–Crippen LogP) is 6.04. The summed E-state index contributed by atoms with van der Waals surface area (Å²) in [5, 5.41) is 23.8. The highest BCUT2D eigenvalue weighted by molar-refractivity contribution is 7.09. The molecule has 1 aromatic carbocycles. The van der Waals surface area contributed by atoms with Crippen molar-refractivity contribution in [2.45, 2.75) is 193 Å². The molecule has 7 N–H and O–H groups in total. The summed E-state index contributed by atoms with van der Waals surface area (Å²) in [4.78, 5) is 109. The number of benzene rings is 1. The van der Waals surface area contributed by atoms with E-state index in [0.29, 0.717) is 64.8 Å². The Morgan fingerprint density at radius 3 is 2.15 bits per heavy atom. The number of carbonyl (C=O) groups excluding carboxylic acids is 6. The first-order chi connectivity index (χ1) is 37.7. The standard InChI is InChI=1S/C58H97N9O11S/c1-12-40(6)52(46(76-10)37-48(69)67-33-23-26-45(67)53(77-11)41(7)54(72)63-44(57-61-31-35-79-57)36-42-24-17-15-18-25-42)66(9)58(75)50(38(2)3)64-56(74)51(39(4)5)65(8)32-21-14-13-20-30-60-55(73)43(28-29-49(70)71)62-47(68)27-19-16-22-34-78-59/h15,17-18,24-25,31,35,38-41,43-46,50-53H,12-14,16,19-23,26-30,32-34,36-37,59H2,1-11H3,(H,60,73)(H,62,68)(H,63,72)(H,64,74)(H,70,71)/t40-,41+,43-,44-,45-,46+,50-,51-,52-,53+/m0/s1. The van der Waals surface area contributed by atoms with Crippen molar-refractivity contribution in [2.24, 2.45) is 29.6 Å². The smallest absolute Gasteiger partial charge is 0.303 e. The van der Waals surface area contributed by atoms with E-state index in [4.69, 9.17) is 15.4 Å². The first-order valence-electron chi connectivity index (χ1n) is 28.7. The van der Waals surface area contributed by atoms with Crippen LogP contribution in [0, 0.1) is 23.7 Å². The van der Waals surface area contributed by atoms with Crippen LogP contribution in [0.1, 0.15) is 155 Å². The molecule has 0 saturated carbocycles. The number of aliphatic carboxylic acids is 1. The molecule has 79 heavy (non-hydrogen) atoms. The number of ether oxygens (including phenoxy) is 2. The van der Waals surface area contributed by atoms with Gasteiger partial charge in [-0.3, -0.25) is 38.5 Å². The Balaban J connectivity index is 1.62. The number of nitrogens with one attached hydrogen (secondary N) is 4. The highest BCUT2D eigenvalue weighted by atomic mass is 32.1. The molecule has 0 spiro atoms. The van der Waals surface area contributed by atoms with Gasteiger partial charge in [-0.1, -0.05) is 104 Å². The van der Waals surface area contributed by atoms with Gasteiger partial charge in [-0.25, -0.2) is 10.9 Å². The van der Waals surface area contributed by atoms with Gasteiger partial charge < -0.3 is 50.5 Å². The summed E-state index contributed by atoms with van der Waals surface area (Å²) < 4.78 is 12.2. The number of thiazole rings is 1. The van der Waals surface area contributed by atoms with E-state index in [2.05, 4.69) is 31.1 Å². The van der Waals surface area contributed by atoms with E-state index in [1.165, 1.54) is 11.3 Å². The fourth-order valence-electron chi connectivity index (χ4n) is 10.8. The third-order valence-electron chi connectivity index (χ3n) is 15.4. The quantitative estimate of drug-likeness (QED) is 0.0330. The minimum atomic E-state index is -1.05. The Bertz CT molecular complexity index is 2140. The fourth-order valence-corrected chi connectivity index (χ4v) is 11.5. The average Bonchev–Trinajstić information content (AvgIpc) is 4.18. The minimum absolute atomic E-state index is 0.00385. The van der Waals surface area contributed by atoms with Gasteiger partial charge in [0.2, 0.25) is 35.4 Å². The van der Waals surface area contributed by atoms with Crippen LogP contribution < -0.4 is 27.2 Å². The van der Waals surface area contributed by atoms with Crippen molar-refractivity contribution in [3.05, 3.63) is 52.5 Å². The van der Waals surface area contributed by atoms with Crippen molar-refractivity contribution in [3.8, 4) is 0 Å². The first kappa shape index (κ1) is 68.2. The van der Waals surface area contributed by atoms with E-state index in [0.717, 1.165) is 42.7 Å². The van der Waals surface area contributed by atoms with Crippen molar-refractivity contribution in [3.63, 3.8) is 0 Å². The zero-order chi connectivity index (χ0) is 58.6. The van der Waals surface area contributed by atoms with Crippen LogP contribution in [0.3, 0.4) is 0 Å². The van der Waals surface area contributed by atoms with Gasteiger partial charge >= 0.3 is 5.97 Å². The zero-order valence-electron chi connectivity index (χ0n) is 49.2. The second kappa shape index (κ2) is 36.3. The van der Waals surface area contributed by atoms with E-state index < -0.39 is 54.2 Å². The topological polar surface area (TPSA) is 264 Å². The van der Waals surface area contributed by atoms with Gasteiger partial charge in [0.25, 0.3) is 0 Å². The van der Waals surface area contributed by atoms with Crippen molar-refractivity contribution < 1.29 is 53.0 Å². The summed E-state index contributed by atoms with van der Waals surface area (Å²) in [5.41, 5.74) is 1.07. The molecule has 1 fully saturated rings. The molecule has 1 aliphatic rings. The van der Waals surface area contributed by atoms with Crippen LogP contribution in [-0.2, 0) is 54.3 Å².